The van der Waals surface area contributed by atoms with E-state index in [1.807, 2.05) is 0 Å². The van der Waals surface area contributed by atoms with Crippen molar-refractivity contribution in [1.29, 1.82) is 0 Å². The van der Waals surface area contributed by atoms with Crippen molar-refractivity contribution in [3.05, 3.63) is 0 Å². The van der Waals surface area contributed by atoms with Crippen molar-refractivity contribution in [2.45, 2.75) is 244 Å². The first-order valence-electron chi connectivity index (χ1n) is 21.5. The molecule has 0 aliphatic carbocycles. The minimum Gasteiger partial charge on any atom is -0.377 e. The molecule has 0 aromatic carbocycles. The summed E-state index contributed by atoms with van der Waals surface area (Å²) in [6.45, 7) is 0. The Morgan fingerprint density at radius 1 is 0.255 bits per heavy atom. The lowest BCUT2D eigenvalue weighted by Gasteiger charge is -2.24. The average Bonchev–Trinajstić information content (AvgIpc) is 3.09. The number of alkyl halides is 1. The highest BCUT2D eigenvalue weighted by Crippen LogP contribution is 2.20. The van der Waals surface area contributed by atoms with Gasteiger partial charge in [0, 0.05) is 27.4 Å². The number of hydrogen-bond acceptors (Lipinski definition) is 3. The molecular weight excluding hydrogens is 707 g/mol. The molecule has 0 aliphatic heterocycles. The molecule has 0 amide bonds. The second-order valence-electron chi connectivity index (χ2n) is 14.8. The van der Waals surface area contributed by atoms with E-state index in [0.29, 0.717) is 0 Å². The predicted molar refractivity (Wildman–Crippen MR) is 221 cm³/mol. The van der Waals surface area contributed by atoms with Crippen molar-refractivity contribution in [3.8, 4) is 0 Å². The molecule has 0 fully saturated rings. The Labute approximate surface area is 312 Å². The lowest BCUT2D eigenvalue weighted by atomic mass is 10.0. The standard InChI is InChI=1S/C42H87IO3Si/c1-44-47(45-2,46-3)42-40-38-36-34-32-30-28-26-24-22-20-18-16-14-12-10-8-6-4-5-7-9-11-13-15-17-19-21-23-25-27-29-31-33-35-37-39-41-43/h4-42H2,1-3H3. The molecule has 0 saturated heterocycles. The summed E-state index contributed by atoms with van der Waals surface area (Å²) in [6, 6.07) is 0.941. The number of unbranched alkanes of at least 4 members (excludes halogenated alkanes) is 36. The summed E-state index contributed by atoms with van der Waals surface area (Å²) in [5, 5.41) is 0. The van der Waals surface area contributed by atoms with E-state index in [2.05, 4.69) is 22.6 Å². The van der Waals surface area contributed by atoms with Crippen LogP contribution in [-0.4, -0.2) is 34.6 Å². The number of rotatable bonds is 42. The normalized spacial score (nSPS) is 12.0. The summed E-state index contributed by atoms with van der Waals surface area (Å²) in [5.41, 5.74) is 0. The molecule has 0 spiro atoms. The molecule has 0 saturated carbocycles. The molecule has 5 heteroatoms. The van der Waals surface area contributed by atoms with E-state index in [0.717, 1.165) is 12.5 Å². The van der Waals surface area contributed by atoms with Gasteiger partial charge >= 0.3 is 8.80 Å². The van der Waals surface area contributed by atoms with Crippen LogP contribution in [-0.2, 0) is 13.3 Å². The van der Waals surface area contributed by atoms with E-state index in [9.17, 15) is 0 Å². The largest absolute Gasteiger partial charge is 0.500 e. The van der Waals surface area contributed by atoms with Gasteiger partial charge in [-0.25, -0.2) is 0 Å². The summed E-state index contributed by atoms with van der Waals surface area (Å²) in [6.07, 6.45) is 53.7. The summed E-state index contributed by atoms with van der Waals surface area (Å²) < 4.78 is 17.9. The van der Waals surface area contributed by atoms with Crippen LogP contribution in [0.5, 0.6) is 0 Å². The molecule has 0 aliphatic rings. The van der Waals surface area contributed by atoms with Gasteiger partial charge in [0.15, 0.2) is 0 Å². The first-order valence-corrected chi connectivity index (χ1v) is 24.9. The Hall–Kier alpha value is 0.827. The fourth-order valence-corrected chi connectivity index (χ4v) is 9.51. The molecule has 0 aromatic heterocycles. The topological polar surface area (TPSA) is 27.7 Å². The summed E-state index contributed by atoms with van der Waals surface area (Å²) >= 11 is 2.50. The zero-order chi connectivity index (χ0) is 34.2. The molecule has 0 unspecified atom stereocenters. The average molecular weight is 795 g/mol. The van der Waals surface area contributed by atoms with E-state index in [1.165, 1.54) is 236 Å². The molecule has 0 atom stereocenters. The minimum absolute atomic E-state index is 0.941. The van der Waals surface area contributed by atoms with Crippen molar-refractivity contribution >= 4 is 31.4 Å². The maximum Gasteiger partial charge on any atom is 0.500 e. The second kappa shape index (κ2) is 41.2. The second-order valence-corrected chi connectivity index (χ2v) is 19.0. The van der Waals surface area contributed by atoms with Crippen molar-refractivity contribution in [2.24, 2.45) is 0 Å². The van der Waals surface area contributed by atoms with Crippen molar-refractivity contribution in [1.82, 2.24) is 0 Å². The Balaban J connectivity index is 3.11. The summed E-state index contributed by atoms with van der Waals surface area (Å²) in [7, 11) is 2.79. The van der Waals surface area contributed by atoms with Gasteiger partial charge < -0.3 is 13.3 Å². The lowest BCUT2D eigenvalue weighted by Crippen LogP contribution is -2.42. The van der Waals surface area contributed by atoms with E-state index < -0.39 is 8.80 Å². The van der Waals surface area contributed by atoms with Crippen LogP contribution >= 0.6 is 22.6 Å². The van der Waals surface area contributed by atoms with Crippen LogP contribution < -0.4 is 0 Å². The molecule has 3 nitrogen and oxygen atoms in total. The minimum atomic E-state index is -2.35. The zero-order valence-corrected chi connectivity index (χ0v) is 35.8. The third-order valence-corrected chi connectivity index (χ3v) is 14.1. The molecule has 47 heavy (non-hydrogen) atoms. The summed E-state index contributed by atoms with van der Waals surface area (Å²) in [5.74, 6) is 0. The quantitative estimate of drug-likeness (QED) is 0.0267. The Kier molecular flexibility index (Phi) is 42.0. The highest BCUT2D eigenvalue weighted by atomic mass is 127. The van der Waals surface area contributed by atoms with Crippen LogP contribution in [0.3, 0.4) is 0 Å². The molecular formula is C42H87IO3Si. The Morgan fingerprint density at radius 2 is 0.404 bits per heavy atom. The molecule has 0 N–H and O–H groups in total. The van der Waals surface area contributed by atoms with Gasteiger partial charge in [-0.15, -0.1) is 0 Å². The van der Waals surface area contributed by atoms with Crippen LogP contribution in [0, 0.1) is 0 Å². The Morgan fingerprint density at radius 3 is 0.553 bits per heavy atom. The summed E-state index contributed by atoms with van der Waals surface area (Å²) in [4.78, 5) is 0. The number of hydrogen-bond donors (Lipinski definition) is 0. The molecule has 0 bridgehead atoms. The van der Waals surface area contributed by atoms with Crippen LogP contribution in [0.25, 0.3) is 0 Å². The lowest BCUT2D eigenvalue weighted by molar-refractivity contribution is 0.122. The van der Waals surface area contributed by atoms with E-state index in [1.54, 1.807) is 21.3 Å². The highest BCUT2D eigenvalue weighted by molar-refractivity contribution is 14.1. The molecule has 0 heterocycles. The first kappa shape index (κ1) is 47.8. The van der Waals surface area contributed by atoms with Crippen LogP contribution in [0.1, 0.15) is 238 Å². The molecule has 0 radical (unpaired) electrons. The SMILES string of the molecule is CO[Si](CCCCCCCCCCCCCCCCCCCCCCCCCCCCCCCCCCCCCCCI)(OC)OC. The third-order valence-electron chi connectivity index (χ3n) is 10.5. The smallest absolute Gasteiger partial charge is 0.377 e. The van der Waals surface area contributed by atoms with Gasteiger partial charge in [-0.05, 0) is 17.3 Å². The van der Waals surface area contributed by atoms with Crippen molar-refractivity contribution < 1.29 is 13.3 Å². The molecule has 0 aromatic rings. The van der Waals surface area contributed by atoms with Crippen LogP contribution in [0.2, 0.25) is 6.04 Å². The fourth-order valence-electron chi connectivity index (χ4n) is 7.18. The van der Waals surface area contributed by atoms with Crippen molar-refractivity contribution in [3.63, 3.8) is 0 Å². The molecule has 284 valence electrons. The maximum atomic E-state index is 5.51. The third kappa shape index (κ3) is 36.4. The zero-order valence-electron chi connectivity index (χ0n) is 32.7. The first-order chi connectivity index (χ1) is 23.2. The van der Waals surface area contributed by atoms with Crippen molar-refractivity contribution in [2.75, 3.05) is 25.8 Å². The maximum absolute atomic E-state index is 5.51. The van der Waals surface area contributed by atoms with Gasteiger partial charge in [0.25, 0.3) is 0 Å². The van der Waals surface area contributed by atoms with Gasteiger partial charge in [-0.3, -0.25) is 0 Å². The van der Waals surface area contributed by atoms with E-state index in [4.69, 9.17) is 13.3 Å². The van der Waals surface area contributed by atoms with Crippen LogP contribution in [0.4, 0.5) is 0 Å². The monoisotopic (exact) mass is 795 g/mol. The Bertz CT molecular complexity index is 552. The molecule has 0 rings (SSSR count). The number of halogens is 1. The predicted octanol–water partition coefficient (Wildman–Crippen LogP) is 15.7. The van der Waals surface area contributed by atoms with Gasteiger partial charge in [0.1, 0.15) is 0 Å². The van der Waals surface area contributed by atoms with E-state index in [-0.39, 0.29) is 0 Å². The fraction of sp³-hybridized carbons (Fsp3) is 1.00. The van der Waals surface area contributed by atoms with Crippen LogP contribution in [0.15, 0.2) is 0 Å². The van der Waals surface area contributed by atoms with Gasteiger partial charge in [0.05, 0.1) is 0 Å². The van der Waals surface area contributed by atoms with Gasteiger partial charge in [-0.2, -0.15) is 0 Å². The van der Waals surface area contributed by atoms with Gasteiger partial charge in [0.2, 0.25) is 0 Å². The highest BCUT2D eigenvalue weighted by Gasteiger charge is 2.36. The van der Waals surface area contributed by atoms with E-state index >= 15 is 0 Å². The van der Waals surface area contributed by atoms with Gasteiger partial charge in [-0.1, -0.05) is 247 Å².